The number of hydrogen-bond donors (Lipinski definition) is 0. The van der Waals surface area contributed by atoms with E-state index in [9.17, 15) is 14.9 Å². The molecule has 0 aliphatic heterocycles. The maximum atomic E-state index is 12.0. The summed E-state index contributed by atoms with van der Waals surface area (Å²) in [6.45, 7) is -0.127. The van der Waals surface area contributed by atoms with Gasteiger partial charge in [0.1, 0.15) is 6.54 Å². The van der Waals surface area contributed by atoms with Gasteiger partial charge < -0.3 is 10.1 Å². The first-order valence-electron chi connectivity index (χ1n) is 5.01. The van der Waals surface area contributed by atoms with Crippen molar-refractivity contribution in [2.24, 2.45) is 0 Å². The highest BCUT2D eigenvalue weighted by molar-refractivity contribution is 9.10. The molecule has 1 aromatic heterocycles. The molecule has 98 valence electrons. The number of carbonyl (C=O) groups excluding carboxylic acids is 1. The lowest BCUT2D eigenvalue weighted by atomic mass is 10.1. The number of ketones is 1. The SMILES string of the molecule is O=C(Cn1nc([N+](=O)[O-])nc1Br)c1cccc(Br)c1. The van der Waals surface area contributed by atoms with E-state index in [-0.39, 0.29) is 17.1 Å². The summed E-state index contributed by atoms with van der Waals surface area (Å²) in [4.78, 5) is 25.4. The monoisotopic (exact) mass is 388 g/mol. The highest BCUT2D eigenvalue weighted by atomic mass is 79.9. The number of hydrogen-bond acceptors (Lipinski definition) is 5. The molecular weight excluding hydrogens is 384 g/mol. The van der Waals surface area contributed by atoms with E-state index in [1.807, 2.05) is 0 Å². The lowest BCUT2D eigenvalue weighted by Gasteiger charge is -2.00. The van der Waals surface area contributed by atoms with Gasteiger partial charge in [0.15, 0.2) is 5.78 Å². The molecular formula is C10H6Br2N4O3. The van der Waals surface area contributed by atoms with Crippen molar-refractivity contribution < 1.29 is 9.72 Å². The lowest BCUT2D eigenvalue weighted by Crippen LogP contribution is -2.12. The minimum absolute atomic E-state index is 0.127. The zero-order chi connectivity index (χ0) is 14.0. The molecule has 0 unspecified atom stereocenters. The zero-order valence-electron chi connectivity index (χ0n) is 9.29. The molecule has 0 atom stereocenters. The number of nitro groups is 1. The van der Waals surface area contributed by atoms with Gasteiger partial charge >= 0.3 is 5.95 Å². The molecule has 0 bridgehead atoms. The van der Waals surface area contributed by atoms with E-state index in [2.05, 4.69) is 41.9 Å². The summed E-state index contributed by atoms with van der Waals surface area (Å²) in [6.07, 6.45) is 0. The number of halogens is 2. The Labute approximate surface area is 124 Å². The number of aromatic nitrogens is 3. The Kier molecular flexibility index (Phi) is 4.05. The van der Waals surface area contributed by atoms with Crippen LogP contribution < -0.4 is 0 Å². The minimum Gasteiger partial charge on any atom is -0.390 e. The molecule has 0 spiro atoms. The average Bonchev–Trinajstić information content (AvgIpc) is 2.71. The standard InChI is InChI=1S/C10H6Br2N4O3/c11-7-3-1-2-6(4-7)8(17)5-15-9(12)13-10(14-15)16(18)19/h1-4H,5H2. The molecule has 7 nitrogen and oxygen atoms in total. The molecule has 0 saturated carbocycles. The van der Waals surface area contributed by atoms with E-state index in [4.69, 9.17) is 0 Å². The highest BCUT2D eigenvalue weighted by Crippen LogP contribution is 2.15. The molecule has 0 aliphatic rings. The normalized spacial score (nSPS) is 10.4. The number of rotatable bonds is 4. The Hall–Kier alpha value is -1.61. The Morgan fingerprint density at radius 3 is 2.74 bits per heavy atom. The molecule has 0 fully saturated rings. The lowest BCUT2D eigenvalue weighted by molar-refractivity contribution is -0.394. The fourth-order valence-corrected chi connectivity index (χ4v) is 2.14. The largest absolute Gasteiger partial charge is 0.492 e. The van der Waals surface area contributed by atoms with Gasteiger partial charge in [-0.1, -0.05) is 28.1 Å². The predicted octanol–water partition coefficient (Wildman–Crippen LogP) is 2.59. The Balaban J connectivity index is 2.21. The van der Waals surface area contributed by atoms with Crippen LogP contribution in [-0.4, -0.2) is 25.5 Å². The fourth-order valence-electron chi connectivity index (χ4n) is 1.38. The van der Waals surface area contributed by atoms with Crippen molar-refractivity contribution in [1.29, 1.82) is 0 Å². The van der Waals surface area contributed by atoms with Gasteiger partial charge in [0, 0.05) is 31.1 Å². The van der Waals surface area contributed by atoms with Crippen LogP contribution in [0.3, 0.4) is 0 Å². The highest BCUT2D eigenvalue weighted by Gasteiger charge is 2.21. The number of benzene rings is 1. The van der Waals surface area contributed by atoms with Gasteiger partial charge in [0.2, 0.25) is 0 Å². The second-order valence-corrected chi connectivity index (χ2v) is 5.15. The van der Waals surface area contributed by atoms with Crippen molar-refractivity contribution >= 4 is 43.6 Å². The second-order valence-electron chi connectivity index (χ2n) is 3.53. The molecule has 0 N–H and O–H groups in total. The quantitative estimate of drug-likeness (QED) is 0.455. The van der Waals surface area contributed by atoms with Crippen LogP contribution in [0.2, 0.25) is 0 Å². The summed E-state index contributed by atoms with van der Waals surface area (Å²) in [5.74, 6) is -0.768. The van der Waals surface area contributed by atoms with Gasteiger partial charge in [-0.15, -0.1) is 0 Å². The van der Waals surface area contributed by atoms with Crippen molar-refractivity contribution in [2.45, 2.75) is 6.54 Å². The molecule has 19 heavy (non-hydrogen) atoms. The number of nitrogens with zero attached hydrogens (tertiary/aromatic N) is 4. The van der Waals surface area contributed by atoms with Crippen LogP contribution in [0.4, 0.5) is 5.95 Å². The second kappa shape index (κ2) is 5.57. The van der Waals surface area contributed by atoms with Crippen LogP contribution in [-0.2, 0) is 6.54 Å². The van der Waals surface area contributed by atoms with E-state index in [0.29, 0.717) is 5.56 Å². The maximum Gasteiger partial charge on any atom is 0.492 e. The predicted molar refractivity (Wildman–Crippen MR) is 72.8 cm³/mol. The number of Topliss-reactive ketones (excluding diaryl/α,β-unsaturated/α-hetero) is 1. The first-order chi connectivity index (χ1) is 8.97. The van der Waals surface area contributed by atoms with Crippen molar-refractivity contribution in [1.82, 2.24) is 14.8 Å². The van der Waals surface area contributed by atoms with Crippen molar-refractivity contribution in [3.63, 3.8) is 0 Å². The van der Waals surface area contributed by atoms with Crippen molar-refractivity contribution in [2.75, 3.05) is 0 Å². The smallest absolute Gasteiger partial charge is 0.390 e. The summed E-state index contributed by atoms with van der Waals surface area (Å²) >= 11 is 6.29. The van der Waals surface area contributed by atoms with Crippen LogP contribution in [0.15, 0.2) is 33.5 Å². The Bertz CT molecular complexity index is 656. The summed E-state index contributed by atoms with van der Waals surface area (Å²) in [5, 5.41) is 14.1. The van der Waals surface area contributed by atoms with Crippen molar-refractivity contribution in [3.05, 3.63) is 49.1 Å². The van der Waals surface area contributed by atoms with Gasteiger partial charge in [-0.25, -0.2) is 0 Å². The number of carbonyl (C=O) groups is 1. The molecule has 2 aromatic rings. The van der Waals surface area contributed by atoms with Crippen LogP contribution in [0.25, 0.3) is 0 Å². The topological polar surface area (TPSA) is 90.9 Å². The molecule has 1 heterocycles. The summed E-state index contributed by atoms with van der Waals surface area (Å²) in [6, 6.07) is 6.86. The third-order valence-corrected chi connectivity index (χ3v) is 3.30. The van der Waals surface area contributed by atoms with Gasteiger partial charge in [-0.05, 0) is 22.0 Å². The van der Waals surface area contributed by atoms with Crippen LogP contribution >= 0.6 is 31.9 Å². The van der Waals surface area contributed by atoms with Gasteiger partial charge in [-0.3, -0.25) is 4.79 Å². The van der Waals surface area contributed by atoms with E-state index < -0.39 is 10.9 Å². The molecule has 9 heteroatoms. The van der Waals surface area contributed by atoms with Crippen molar-refractivity contribution in [3.8, 4) is 0 Å². The van der Waals surface area contributed by atoms with E-state index >= 15 is 0 Å². The molecule has 0 amide bonds. The summed E-state index contributed by atoms with van der Waals surface area (Å²) < 4.78 is 2.06. The van der Waals surface area contributed by atoms with E-state index in [0.717, 1.165) is 9.15 Å². The molecule has 0 aliphatic carbocycles. The van der Waals surface area contributed by atoms with Crippen LogP contribution in [0.5, 0.6) is 0 Å². The third kappa shape index (κ3) is 3.24. The van der Waals surface area contributed by atoms with Gasteiger partial charge in [0.05, 0.1) is 0 Å². The summed E-state index contributed by atoms with van der Waals surface area (Å²) in [7, 11) is 0. The minimum atomic E-state index is -0.717. The van der Waals surface area contributed by atoms with Crippen LogP contribution in [0.1, 0.15) is 10.4 Å². The average molecular weight is 390 g/mol. The molecule has 0 radical (unpaired) electrons. The summed E-state index contributed by atoms with van der Waals surface area (Å²) in [5.41, 5.74) is 0.486. The Morgan fingerprint density at radius 1 is 1.42 bits per heavy atom. The van der Waals surface area contributed by atoms with E-state index in [1.54, 1.807) is 24.3 Å². The molecule has 2 rings (SSSR count). The maximum absolute atomic E-state index is 12.0. The zero-order valence-corrected chi connectivity index (χ0v) is 12.5. The molecule has 0 saturated heterocycles. The van der Waals surface area contributed by atoms with E-state index in [1.165, 1.54) is 0 Å². The fraction of sp³-hybridized carbons (Fsp3) is 0.100. The molecule has 1 aromatic carbocycles. The van der Waals surface area contributed by atoms with Gasteiger partial charge in [-0.2, -0.15) is 4.68 Å². The van der Waals surface area contributed by atoms with Crippen LogP contribution in [0, 0.1) is 10.1 Å². The Morgan fingerprint density at radius 2 is 2.16 bits per heavy atom. The first-order valence-corrected chi connectivity index (χ1v) is 6.59. The first kappa shape index (κ1) is 13.8. The van der Waals surface area contributed by atoms with Gasteiger partial charge in [0.25, 0.3) is 4.73 Å². The third-order valence-electron chi connectivity index (χ3n) is 2.22.